The summed E-state index contributed by atoms with van der Waals surface area (Å²) in [6.07, 6.45) is 0. The molecule has 0 fully saturated rings. The van der Waals surface area contributed by atoms with E-state index in [2.05, 4.69) is 14.6 Å². The smallest absolute Gasteiger partial charge is 0.467 e. The molecule has 0 aliphatic carbocycles. The Bertz CT molecular complexity index is 285. The summed E-state index contributed by atoms with van der Waals surface area (Å²) in [4.78, 5) is 38.4. The monoisotopic (exact) mass is 241 g/mol. The zero-order valence-corrected chi connectivity index (χ0v) is 9.06. The second-order valence-electron chi connectivity index (χ2n) is 2.56. The average molecular weight is 241 g/mol. The number of carbonyl (C=O) groups excluding carboxylic acids is 2. The Balaban J connectivity index is 4.32. The molecule has 0 unspecified atom stereocenters. The summed E-state index contributed by atoms with van der Waals surface area (Å²) in [6, 6.07) is -1.24. The zero-order valence-electron chi connectivity index (χ0n) is 8.17. The van der Waals surface area contributed by atoms with Crippen LogP contribution >= 0.6 is 7.82 Å². The van der Waals surface area contributed by atoms with Crippen molar-refractivity contribution in [3.05, 3.63) is 0 Å². The summed E-state index contributed by atoms with van der Waals surface area (Å²) < 4.78 is 18.7. The lowest BCUT2D eigenvalue weighted by molar-refractivity contribution is -0.145. The summed E-state index contributed by atoms with van der Waals surface area (Å²) in [5.74, 6) is -1.39. The highest BCUT2D eigenvalue weighted by Gasteiger charge is 2.24. The van der Waals surface area contributed by atoms with Crippen LogP contribution in [0.1, 0.15) is 6.92 Å². The third kappa shape index (κ3) is 7.03. The molecule has 0 aromatic heterocycles. The average Bonchev–Trinajstić information content (AvgIpc) is 2.09. The molecule has 0 bridgehead atoms. The van der Waals surface area contributed by atoms with Crippen LogP contribution in [0.3, 0.4) is 0 Å². The van der Waals surface area contributed by atoms with Gasteiger partial charge in [-0.1, -0.05) is 0 Å². The van der Waals surface area contributed by atoms with E-state index in [1.54, 1.807) is 0 Å². The van der Waals surface area contributed by atoms with E-state index in [1.807, 2.05) is 0 Å². The number of amides is 1. The van der Waals surface area contributed by atoms with Crippen molar-refractivity contribution in [3.8, 4) is 0 Å². The highest BCUT2D eigenvalue weighted by molar-refractivity contribution is 7.46. The fraction of sp³-hybridized carbons (Fsp3) is 0.667. The fourth-order valence-electron chi connectivity index (χ4n) is 0.728. The minimum atomic E-state index is -4.67. The molecule has 0 aliphatic rings. The predicted octanol–water partition coefficient (Wildman–Crippen LogP) is -1.23. The molecule has 1 atom stereocenters. The first-order valence-electron chi connectivity index (χ1n) is 3.81. The summed E-state index contributed by atoms with van der Waals surface area (Å²) in [7, 11) is -3.59. The van der Waals surface area contributed by atoms with Gasteiger partial charge >= 0.3 is 13.8 Å². The lowest BCUT2D eigenvalue weighted by Crippen LogP contribution is -2.43. The van der Waals surface area contributed by atoms with Crippen LogP contribution in [0.2, 0.25) is 0 Å². The third-order valence-electron chi connectivity index (χ3n) is 1.27. The largest absolute Gasteiger partial charge is 0.469 e. The number of hydrogen-bond acceptors (Lipinski definition) is 5. The maximum Gasteiger partial charge on any atom is 0.469 e. The predicted molar refractivity (Wildman–Crippen MR) is 47.6 cm³/mol. The first kappa shape index (κ1) is 14.1. The van der Waals surface area contributed by atoms with Crippen molar-refractivity contribution in [1.82, 2.24) is 5.32 Å². The normalized spacial score (nSPS) is 13.1. The molecule has 0 rings (SSSR count). The first-order valence-corrected chi connectivity index (χ1v) is 5.34. The van der Waals surface area contributed by atoms with Crippen LogP contribution in [-0.2, 0) is 23.4 Å². The van der Waals surface area contributed by atoms with Gasteiger partial charge in [0.2, 0.25) is 5.91 Å². The molecule has 0 heterocycles. The van der Waals surface area contributed by atoms with E-state index in [0.29, 0.717) is 0 Å². The van der Waals surface area contributed by atoms with Gasteiger partial charge in [-0.05, 0) is 0 Å². The Morgan fingerprint density at radius 2 is 2.00 bits per heavy atom. The molecule has 0 aliphatic heterocycles. The highest BCUT2D eigenvalue weighted by atomic mass is 31.2. The van der Waals surface area contributed by atoms with Crippen LogP contribution in [0.4, 0.5) is 0 Å². The molecular weight excluding hydrogens is 229 g/mol. The van der Waals surface area contributed by atoms with Gasteiger partial charge < -0.3 is 19.8 Å². The van der Waals surface area contributed by atoms with Crippen molar-refractivity contribution < 1.29 is 33.2 Å². The van der Waals surface area contributed by atoms with Crippen molar-refractivity contribution in [2.24, 2.45) is 0 Å². The van der Waals surface area contributed by atoms with E-state index in [9.17, 15) is 14.2 Å². The number of rotatable bonds is 5. The Labute approximate surface area is 85.8 Å². The molecule has 8 nitrogen and oxygen atoms in total. The van der Waals surface area contributed by atoms with Crippen LogP contribution in [-0.4, -0.2) is 41.4 Å². The van der Waals surface area contributed by atoms with Gasteiger partial charge in [0.15, 0.2) is 6.04 Å². The molecule has 3 N–H and O–H groups in total. The molecule has 0 spiro atoms. The molecule has 0 saturated heterocycles. The fourth-order valence-corrected chi connectivity index (χ4v) is 1.07. The Kier molecular flexibility index (Phi) is 5.45. The molecule has 0 radical (unpaired) electrons. The van der Waals surface area contributed by atoms with Crippen LogP contribution in [0.5, 0.6) is 0 Å². The molecule has 88 valence electrons. The summed E-state index contributed by atoms with van der Waals surface area (Å²) in [6.45, 7) is 0.490. The summed E-state index contributed by atoms with van der Waals surface area (Å²) >= 11 is 0. The molecule has 1 amide bonds. The second kappa shape index (κ2) is 5.82. The lowest BCUT2D eigenvalue weighted by Gasteiger charge is -2.15. The topological polar surface area (TPSA) is 122 Å². The van der Waals surface area contributed by atoms with Crippen LogP contribution in [0.15, 0.2) is 0 Å². The van der Waals surface area contributed by atoms with E-state index >= 15 is 0 Å². The number of esters is 1. The molecule has 9 heteroatoms. The number of nitrogens with one attached hydrogen (secondary N) is 1. The van der Waals surface area contributed by atoms with Gasteiger partial charge in [-0.25, -0.2) is 9.36 Å². The molecule has 0 aromatic rings. The van der Waals surface area contributed by atoms with Gasteiger partial charge in [-0.3, -0.25) is 9.32 Å². The SMILES string of the molecule is COC(=O)[C@@H](COP(=O)(O)O)NC(C)=O. The van der Waals surface area contributed by atoms with E-state index in [1.165, 1.54) is 0 Å². The maximum atomic E-state index is 11.0. The van der Waals surface area contributed by atoms with Gasteiger partial charge in [-0.2, -0.15) is 0 Å². The maximum absolute atomic E-state index is 11.0. The van der Waals surface area contributed by atoms with E-state index in [0.717, 1.165) is 14.0 Å². The van der Waals surface area contributed by atoms with Gasteiger partial charge in [0, 0.05) is 6.92 Å². The summed E-state index contributed by atoms with van der Waals surface area (Å²) in [5, 5.41) is 2.12. The van der Waals surface area contributed by atoms with E-state index < -0.39 is 32.3 Å². The van der Waals surface area contributed by atoms with Crippen molar-refractivity contribution in [1.29, 1.82) is 0 Å². The number of ether oxygens (including phenoxy) is 1. The number of methoxy groups -OCH3 is 1. The molecule has 15 heavy (non-hydrogen) atoms. The molecule has 0 saturated carbocycles. The van der Waals surface area contributed by atoms with Gasteiger partial charge in [0.25, 0.3) is 0 Å². The molecule has 0 aromatic carbocycles. The van der Waals surface area contributed by atoms with Crippen molar-refractivity contribution in [3.63, 3.8) is 0 Å². The minimum Gasteiger partial charge on any atom is -0.467 e. The highest BCUT2D eigenvalue weighted by Crippen LogP contribution is 2.35. The lowest BCUT2D eigenvalue weighted by atomic mass is 10.3. The van der Waals surface area contributed by atoms with Crippen molar-refractivity contribution in [2.45, 2.75) is 13.0 Å². The standard InChI is InChI=1S/C6H12NO7P/c1-4(8)7-5(6(9)13-2)3-14-15(10,11)12/h5H,3H2,1-2H3,(H,7,8)(H2,10,11,12)/t5-/m1/s1. The quantitative estimate of drug-likeness (QED) is 0.407. The molecular formula is C6H12NO7P. The third-order valence-corrected chi connectivity index (χ3v) is 1.76. The van der Waals surface area contributed by atoms with Crippen LogP contribution in [0, 0.1) is 0 Å². The number of hydrogen-bond donors (Lipinski definition) is 3. The van der Waals surface area contributed by atoms with E-state index in [-0.39, 0.29) is 0 Å². The zero-order chi connectivity index (χ0) is 12.1. The Morgan fingerprint density at radius 1 is 1.47 bits per heavy atom. The number of carbonyl (C=O) groups is 2. The number of phosphoric ester groups is 1. The van der Waals surface area contributed by atoms with Crippen LogP contribution < -0.4 is 5.32 Å². The Morgan fingerprint density at radius 3 is 2.33 bits per heavy atom. The van der Waals surface area contributed by atoms with E-state index in [4.69, 9.17) is 9.79 Å². The van der Waals surface area contributed by atoms with Gasteiger partial charge in [0.1, 0.15) is 0 Å². The van der Waals surface area contributed by atoms with Crippen molar-refractivity contribution >= 4 is 19.7 Å². The summed E-state index contributed by atoms with van der Waals surface area (Å²) in [5.41, 5.74) is 0. The van der Waals surface area contributed by atoms with Gasteiger partial charge in [0.05, 0.1) is 13.7 Å². The van der Waals surface area contributed by atoms with Gasteiger partial charge in [-0.15, -0.1) is 0 Å². The number of phosphoric acid groups is 1. The Hall–Kier alpha value is -0.950. The second-order valence-corrected chi connectivity index (χ2v) is 3.80. The van der Waals surface area contributed by atoms with Crippen LogP contribution in [0.25, 0.3) is 0 Å². The first-order chi connectivity index (χ1) is 6.76. The minimum absolute atomic E-state index is 0.542. The van der Waals surface area contributed by atoms with Crippen molar-refractivity contribution in [2.75, 3.05) is 13.7 Å².